The fourth-order valence-electron chi connectivity index (χ4n) is 2.87. The van der Waals surface area contributed by atoms with E-state index in [-0.39, 0.29) is 25.0 Å². The average Bonchev–Trinajstić information content (AvgIpc) is 2.69. The molecule has 0 atom stereocenters. The molecule has 2 aromatic rings. The first kappa shape index (κ1) is 23.5. The molecule has 0 aliphatic carbocycles. The van der Waals surface area contributed by atoms with E-state index in [1.165, 1.54) is 4.31 Å². The number of benzene rings is 2. The Kier molecular flexibility index (Phi) is 8.53. The van der Waals surface area contributed by atoms with Crippen molar-refractivity contribution < 1.29 is 22.7 Å². The fourth-order valence-corrected chi connectivity index (χ4v) is 3.83. The lowest BCUT2D eigenvalue weighted by atomic mass is 10.2. The molecule has 0 aromatic heterocycles. The van der Waals surface area contributed by atoms with Crippen LogP contribution in [0.15, 0.2) is 48.5 Å². The van der Waals surface area contributed by atoms with Crippen molar-refractivity contribution in [2.45, 2.75) is 39.3 Å². The number of hydrogen-bond donors (Lipinski definition) is 1. The van der Waals surface area contributed by atoms with Crippen molar-refractivity contribution in [2.24, 2.45) is 0 Å². The number of nitrogens with one attached hydrogen (secondary N) is 1. The third kappa shape index (κ3) is 7.59. The molecule has 8 heteroatoms. The third-order valence-corrected chi connectivity index (χ3v) is 5.50. The Hall–Kier alpha value is -2.74. The molecule has 0 saturated heterocycles. The van der Waals surface area contributed by atoms with Gasteiger partial charge < -0.3 is 14.8 Å². The molecule has 7 nitrogen and oxygen atoms in total. The highest BCUT2D eigenvalue weighted by Crippen LogP contribution is 2.22. The molecule has 0 unspecified atom stereocenters. The molecule has 0 aliphatic heterocycles. The highest BCUT2D eigenvalue weighted by atomic mass is 32.2. The molecule has 2 aromatic carbocycles. The molecule has 0 saturated carbocycles. The van der Waals surface area contributed by atoms with Crippen LogP contribution >= 0.6 is 0 Å². The second-order valence-electron chi connectivity index (χ2n) is 7.22. The van der Waals surface area contributed by atoms with Crippen LogP contribution in [0.1, 0.15) is 32.3 Å². The summed E-state index contributed by atoms with van der Waals surface area (Å²) in [7, 11) is -1.90. The maximum Gasteiger partial charge on any atom is 0.232 e. The molecule has 2 rings (SSSR count). The Bertz CT molecular complexity index is 910. The lowest BCUT2D eigenvalue weighted by molar-refractivity contribution is -0.121. The Morgan fingerprint density at radius 2 is 1.63 bits per heavy atom. The number of rotatable bonds is 11. The second kappa shape index (κ2) is 10.9. The van der Waals surface area contributed by atoms with Crippen molar-refractivity contribution in [1.29, 1.82) is 0 Å². The minimum absolute atomic E-state index is 0.111. The van der Waals surface area contributed by atoms with Crippen LogP contribution in [0.3, 0.4) is 0 Å². The predicted octanol–water partition coefficient (Wildman–Crippen LogP) is 3.35. The smallest absolute Gasteiger partial charge is 0.232 e. The number of carbonyl (C=O) groups is 1. The highest BCUT2D eigenvalue weighted by Gasteiger charge is 2.17. The van der Waals surface area contributed by atoms with Crippen molar-refractivity contribution >= 4 is 21.6 Å². The van der Waals surface area contributed by atoms with Crippen molar-refractivity contribution in [3.05, 3.63) is 54.1 Å². The zero-order chi connectivity index (χ0) is 22.1. The van der Waals surface area contributed by atoms with Gasteiger partial charge in [-0.25, -0.2) is 8.42 Å². The van der Waals surface area contributed by atoms with Crippen molar-refractivity contribution in [2.75, 3.05) is 24.2 Å². The minimum Gasteiger partial charge on any atom is -0.497 e. The SMILES string of the molecule is COc1ccc(N(CCCC(=O)NCc2ccc(OC(C)C)cc2)S(C)(=O)=O)cc1. The van der Waals surface area contributed by atoms with Gasteiger partial charge in [0.2, 0.25) is 15.9 Å². The van der Waals surface area contributed by atoms with Gasteiger partial charge in [0, 0.05) is 19.5 Å². The molecule has 164 valence electrons. The molecule has 0 aliphatic rings. The number of methoxy groups -OCH3 is 1. The number of hydrogen-bond acceptors (Lipinski definition) is 5. The van der Waals surface area contributed by atoms with E-state index in [0.717, 1.165) is 17.6 Å². The van der Waals surface area contributed by atoms with Crippen LogP contribution in [0.4, 0.5) is 5.69 Å². The number of amides is 1. The summed E-state index contributed by atoms with van der Waals surface area (Å²) in [5.41, 5.74) is 1.51. The number of carbonyl (C=O) groups excluding carboxylic acids is 1. The van der Waals surface area contributed by atoms with Crippen LogP contribution in [0, 0.1) is 0 Å². The monoisotopic (exact) mass is 434 g/mol. The fraction of sp³-hybridized carbons (Fsp3) is 0.409. The number of anilines is 1. The maximum absolute atomic E-state index is 12.2. The van der Waals surface area contributed by atoms with Crippen LogP contribution in [-0.2, 0) is 21.4 Å². The van der Waals surface area contributed by atoms with Gasteiger partial charge in [-0.1, -0.05) is 12.1 Å². The summed E-state index contributed by atoms with van der Waals surface area (Å²) < 4.78 is 36.3. The maximum atomic E-state index is 12.2. The molecule has 30 heavy (non-hydrogen) atoms. The molecule has 0 heterocycles. The number of ether oxygens (including phenoxy) is 2. The van der Waals surface area contributed by atoms with Gasteiger partial charge in [0.1, 0.15) is 11.5 Å². The van der Waals surface area contributed by atoms with Crippen LogP contribution in [0.2, 0.25) is 0 Å². The summed E-state index contributed by atoms with van der Waals surface area (Å²) in [5.74, 6) is 1.32. The van der Waals surface area contributed by atoms with Crippen LogP contribution in [-0.4, -0.2) is 40.3 Å². The van der Waals surface area contributed by atoms with Gasteiger partial charge >= 0.3 is 0 Å². The van der Waals surface area contributed by atoms with E-state index < -0.39 is 10.0 Å². The zero-order valence-electron chi connectivity index (χ0n) is 17.9. The Balaban J connectivity index is 1.83. The van der Waals surface area contributed by atoms with Gasteiger partial charge in [0.25, 0.3) is 0 Å². The first-order valence-corrected chi connectivity index (χ1v) is 11.7. The molecular weight excluding hydrogens is 404 g/mol. The lowest BCUT2D eigenvalue weighted by Gasteiger charge is -2.22. The summed E-state index contributed by atoms with van der Waals surface area (Å²) in [5, 5.41) is 2.86. The molecule has 1 N–H and O–H groups in total. The summed E-state index contributed by atoms with van der Waals surface area (Å²) in [6.07, 6.45) is 1.91. The van der Waals surface area contributed by atoms with E-state index in [1.54, 1.807) is 31.4 Å². The molecule has 0 radical (unpaired) electrons. The quantitative estimate of drug-likeness (QED) is 0.586. The molecular formula is C22H30N2O5S. The second-order valence-corrected chi connectivity index (χ2v) is 9.13. The van der Waals surface area contributed by atoms with E-state index in [4.69, 9.17) is 9.47 Å². The van der Waals surface area contributed by atoms with Gasteiger partial charge in [-0.05, 0) is 62.2 Å². The van der Waals surface area contributed by atoms with Gasteiger partial charge in [-0.2, -0.15) is 0 Å². The first-order valence-electron chi connectivity index (χ1n) is 9.83. The normalized spacial score (nSPS) is 11.2. The number of nitrogens with zero attached hydrogens (tertiary/aromatic N) is 1. The van der Waals surface area contributed by atoms with Crippen molar-refractivity contribution in [3.8, 4) is 11.5 Å². The van der Waals surface area contributed by atoms with Gasteiger partial charge in [0.05, 0.1) is 25.2 Å². The lowest BCUT2D eigenvalue weighted by Crippen LogP contribution is -2.32. The van der Waals surface area contributed by atoms with Crippen molar-refractivity contribution in [3.63, 3.8) is 0 Å². The number of sulfonamides is 1. The topological polar surface area (TPSA) is 84.9 Å². The van der Waals surface area contributed by atoms with E-state index in [2.05, 4.69) is 5.32 Å². The van der Waals surface area contributed by atoms with Gasteiger partial charge in [0.15, 0.2) is 0 Å². The highest BCUT2D eigenvalue weighted by molar-refractivity contribution is 7.92. The standard InChI is InChI=1S/C22H30N2O5S/c1-17(2)29-21-11-7-18(8-12-21)16-23-22(25)6-5-15-24(30(4,26)27)19-9-13-20(28-3)14-10-19/h7-14,17H,5-6,15-16H2,1-4H3,(H,23,25). The first-order chi connectivity index (χ1) is 14.2. The molecule has 0 bridgehead atoms. The summed E-state index contributed by atoms with van der Waals surface area (Å²) in [4.78, 5) is 12.2. The predicted molar refractivity (Wildman–Crippen MR) is 118 cm³/mol. The Morgan fingerprint density at radius 1 is 1.03 bits per heavy atom. The van der Waals surface area contributed by atoms with Crippen molar-refractivity contribution in [1.82, 2.24) is 5.32 Å². The average molecular weight is 435 g/mol. The molecule has 0 fully saturated rings. The van der Waals surface area contributed by atoms with E-state index in [9.17, 15) is 13.2 Å². The zero-order valence-corrected chi connectivity index (χ0v) is 18.7. The van der Waals surface area contributed by atoms with E-state index in [1.807, 2.05) is 38.1 Å². The summed E-state index contributed by atoms with van der Waals surface area (Å²) >= 11 is 0. The van der Waals surface area contributed by atoms with E-state index >= 15 is 0 Å². The van der Waals surface area contributed by atoms with Crippen LogP contribution < -0.4 is 19.1 Å². The van der Waals surface area contributed by atoms with Crippen LogP contribution in [0.25, 0.3) is 0 Å². The van der Waals surface area contributed by atoms with Gasteiger partial charge in [-0.3, -0.25) is 9.10 Å². The Labute approximate surface area is 179 Å². The summed E-state index contributed by atoms with van der Waals surface area (Å²) in [6, 6.07) is 14.4. The van der Waals surface area contributed by atoms with Crippen LogP contribution in [0.5, 0.6) is 11.5 Å². The summed E-state index contributed by atoms with van der Waals surface area (Å²) in [6.45, 7) is 4.57. The van der Waals surface area contributed by atoms with E-state index in [0.29, 0.717) is 24.4 Å². The third-order valence-electron chi connectivity index (χ3n) is 4.31. The molecule has 1 amide bonds. The minimum atomic E-state index is -3.45. The largest absolute Gasteiger partial charge is 0.497 e. The molecule has 0 spiro atoms. The van der Waals surface area contributed by atoms with Gasteiger partial charge in [-0.15, -0.1) is 0 Å². The Morgan fingerprint density at radius 3 is 2.17 bits per heavy atom.